The van der Waals surface area contributed by atoms with Gasteiger partial charge in [0.25, 0.3) is 5.91 Å². The van der Waals surface area contributed by atoms with E-state index in [2.05, 4.69) is 15.5 Å². The number of furan rings is 1. The van der Waals surface area contributed by atoms with Crippen LogP contribution < -0.4 is 10.1 Å². The van der Waals surface area contributed by atoms with Crippen LogP contribution in [-0.4, -0.2) is 29.0 Å². The molecule has 0 saturated heterocycles. The number of rotatable bonds is 7. The summed E-state index contributed by atoms with van der Waals surface area (Å²) < 4.78 is 10.9. The maximum absolute atomic E-state index is 12.8. The van der Waals surface area contributed by atoms with Crippen LogP contribution in [0.1, 0.15) is 44.7 Å². The van der Waals surface area contributed by atoms with Crippen molar-refractivity contribution < 1.29 is 18.7 Å². The molecular formula is C24H21N3O4. The summed E-state index contributed by atoms with van der Waals surface area (Å²) in [7, 11) is 1.52. The molecule has 0 atom stereocenters. The number of amides is 1. The van der Waals surface area contributed by atoms with Gasteiger partial charge in [0, 0.05) is 5.56 Å². The Morgan fingerprint density at radius 2 is 2.03 bits per heavy atom. The molecule has 0 aliphatic carbocycles. The van der Waals surface area contributed by atoms with E-state index in [9.17, 15) is 9.59 Å². The van der Waals surface area contributed by atoms with E-state index in [0.29, 0.717) is 33.7 Å². The lowest BCUT2D eigenvalue weighted by molar-refractivity contribution is 0.0944. The molecule has 0 saturated carbocycles. The first-order valence-electron chi connectivity index (χ1n) is 9.71. The minimum atomic E-state index is -0.277. The lowest BCUT2D eigenvalue weighted by atomic mass is 10.1. The van der Waals surface area contributed by atoms with Crippen LogP contribution in [0.3, 0.4) is 0 Å². The van der Waals surface area contributed by atoms with Gasteiger partial charge < -0.3 is 14.5 Å². The smallest absolute Gasteiger partial charge is 0.255 e. The second kappa shape index (κ2) is 8.71. The second-order valence-corrected chi connectivity index (χ2v) is 6.95. The van der Waals surface area contributed by atoms with Crippen LogP contribution in [0.25, 0.3) is 23.1 Å². The Bertz CT molecular complexity index is 1270. The number of carbonyl (C=O) groups is 2. The van der Waals surface area contributed by atoms with Gasteiger partial charge in [-0.05, 0) is 48.9 Å². The fraction of sp³-hybridized carbons (Fsp3) is 0.125. The van der Waals surface area contributed by atoms with Gasteiger partial charge in [0.1, 0.15) is 11.5 Å². The normalized spacial score (nSPS) is 11.2. The maximum Gasteiger partial charge on any atom is 0.255 e. The average molecular weight is 415 g/mol. The number of ether oxygens (including phenoxy) is 1. The van der Waals surface area contributed by atoms with Crippen molar-refractivity contribution in [1.29, 1.82) is 0 Å². The third-order valence-electron chi connectivity index (χ3n) is 4.89. The Morgan fingerprint density at radius 3 is 2.77 bits per heavy atom. The molecular weight excluding hydrogens is 394 g/mol. The molecule has 2 N–H and O–H groups in total. The number of ketones is 1. The number of H-pyrrole nitrogens is 1. The zero-order chi connectivity index (χ0) is 21.8. The third-order valence-corrected chi connectivity index (χ3v) is 4.89. The van der Waals surface area contributed by atoms with E-state index in [-0.39, 0.29) is 18.2 Å². The average Bonchev–Trinajstić information content (AvgIpc) is 3.45. The Balaban J connectivity index is 1.66. The quantitative estimate of drug-likeness (QED) is 0.434. The SMILES string of the molecule is COc1c(C(=O)NCc2ccco2)ccc2[nH]nc(C=Cc3cccc(C(C)=O)c3)c12. The first-order chi connectivity index (χ1) is 15.1. The van der Waals surface area contributed by atoms with Gasteiger partial charge in [-0.25, -0.2) is 0 Å². The Morgan fingerprint density at radius 1 is 1.16 bits per heavy atom. The maximum atomic E-state index is 12.8. The molecule has 156 valence electrons. The van der Waals surface area contributed by atoms with E-state index in [0.717, 1.165) is 11.1 Å². The molecule has 2 aromatic carbocycles. The highest BCUT2D eigenvalue weighted by Gasteiger charge is 2.19. The summed E-state index contributed by atoms with van der Waals surface area (Å²) in [5, 5.41) is 10.9. The molecule has 0 radical (unpaired) electrons. The number of aromatic nitrogens is 2. The number of methoxy groups -OCH3 is 1. The van der Waals surface area contributed by atoms with E-state index in [1.54, 1.807) is 36.6 Å². The summed E-state index contributed by atoms with van der Waals surface area (Å²) in [5.74, 6) is 0.821. The fourth-order valence-corrected chi connectivity index (χ4v) is 3.33. The number of nitrogens with zero attached hydrogens (tertiary/aromatic N) is 1. The van der Waals surface area contributed by atoms with Gasteiger partial charge in [-0.3, -0.25) is 14.7 Å². The van der Waals surface area contributed by atoms with Gasteiger partial charge in [0.05, 0.1) is 42.1 Å². The van der Waals surface area contributed by atoms with Crippen molar-refractivity contribution in [1.82, 2.24) is 15.5 Å². The summed E-state index contributed by atoms with van der Waals surface area (Å²) in [6.07, 6.45) is 5.25. The Kier molecular flexibility index (Phi) is 5.66. The van der Waals surface area contributed by atoms with Gasteiger partial charge >= 0.3 is 0 Å². The second-order valence-electron chi connectivity index (χ2n) is 6.95. The lowest BCUT2D eigenvalue weighted by Crippen LogP contribution is -2.23. The van der Waals surface area contributed by atoms with E-state index >= 15 is 0 Å². The number of carbonyl (C=O) groups excluding carboxylic acids is 2. The fourth-order valence-electron chi connectivity index (χ4n) is 3.33. The van der Waals surface area contributed by atoms with Crippen molar-refractivity contribution in [2.45, 2.75) is 13.5 Å². The number of aromatic amines is 1. The molecule has 0 aliphatic heterocycles. The summed E-state index contributed by atoms with van der Waals surface area (Å²) in [6.45, 7) is 1.81. The summed E-state index contributed by atoms with van der Waals surface area (Å²) in [6, 6.07) is 14.4. The van der Waals surface area contributed by atoms with Crippen LogP contribution in [0.5, 0.6) is 5.75 Å². The highest BCUT2D eigenvalue weighted by Crippen LogP contribution is 2.32. The number of benzene rings is 2. The predicted molar refractivity (Wildman–Crippen MR) is 118 cm³/mol. The highest BCUT2D eigenvalue weighted by molar-refractivity contribution is 6.05. The van der Waals surface area contributed by atoms with Crippen molar-refractivity contribution >= 4 is 34.7 Å². The monoisotopic (exact) mass is 415 g/mol. The molecule has 0 unspecified atom stereocenters. The van der Waals surface area contributed by atoms with E-state index in [1.165, 1.54) is 14.0 Å². The summed E-state index contributed by atoms with van der Waals surface area (Å²) in [4.78, 5) is 24.4. The van der Waals surface area contributed by atoms with Crippen LogP contribution in [0.2, 0.25) is 0 Å². The Hall–Kier alpha value is -4.13. The molecule has 2 aromatic heterocycles. The molecule has 7 nitrogen and oxygen atoms in total. The van der Waals surface area contributed by atoms with E-state index in [1.807, 2.05) is 30.4 Å². The zero-order valence-corrected chi connectivity index (χ0v) is 17.1. The van der Waals surface area contributed by atoms with Gasteiger partial charge in [0.2, 0.25) is 0 Å². The summed E-state index contributed by atoms with van der Waals surface area (Å²) >= 11 is 0. The molecule has 4 rings (SSSR count). The molecule has 0 bridgehead atoms. The predicted octanol–water partition coefficient (Wildman–Crippen LogP) is 4.47. The standard InChI is InChI=1S/C24H21N3O4/c1-15(28)17-6-3-5-16(13-17)8-10-20-22-21(27-26-20)11-9-19(23(22)30-2)24(29)25-14-18-7-4-12-31-18/h3-13H,14H2,1-2H3,(H,25,29)(H,26,27). The van der Waals surface area contributed by atoms with Crippen molar-refractivity contribution in [3.63, 3.8) is 0 Å². The molecule has 0 aliphatic rings. The topological polar surface area (TPSA) is 97.2 Å². The molecule has 2 heterocycles. The first-order valence-corrected chi connectivity index (χ1v) is 9.71. The molecule has 31 heavy (non-hydrogen) atoms. The van der Waals surface area contributed by atoms with Gasteiger partial charge in [-0.2, -0.15) is 5.10 Å². The number of hydrogen-bond acceptors (Lipinski definition) is 5. The minimum Gasteiger partial charge on any atom is -0.495 e. The van der Waals surface area contributed by atoms with Crippen LogP contribution >= 0.6 is 0 Å². The van der Waals surface area contributed by atoms with Crippen LogP contribution in [-0.2, 0) is 6.54 Å². The molecule has 0 spiro atoms. The largest absolute Gasteiger partial charge is 0.495 e. The molecule has 7 heteroatoms. The van der Waals surface area contributed by atoms with Crippen molar-refractivity contribution in [3.8, 4) is 5.75 Å². The van der Waals surface area contributed by atoms with E-state index < -0.39 is 0 Å². The number of Topliss-reactive ketones (excluding diaryl/α,β-unsaturated/α-hetero) is 1. The third kappa shape index (κ3) is 4.25. The number of fused-ring (bicyclic) bond motifs is 1. The Labute approximate surface area is 178 Å². The van der Waals surface area contributed by atoms with Crippen LogP contribution in [0, 0.1) is 0 Å². The molecule has 1 amide bonds. The van der Waals surface area contributed by atoms with Gasteiger partial charge in [0.15, 0.2) is 5.78 Å². The molecule has 0 fully saturated rings. The minimum absolute atomic E-state index is 0.00680. The number of hydrogen-bond donors (Lipinski definition) is 2. The van der Waals surface area contributed by atoms with Gasteiger partial charge in [-0.15, -0.1) is 0 Å². The first kappa shape index (κ1) is 20.2. The van der Waals surface area contributed by atoms with Crippen molar-refractivity contribution in [2.24, 2.45) is 0 Å². The van der Waals surface area contributed by atoms with Crippen LogP contribution in [0.15, 0.2) is 59.2 Å². The zero-order valence-electron chi connectivity index (χ0n) is 17.1. The number of nitrogens with one attached hydrogen (secondary N) is 2. The van der Waals surface area contributed by atoms with Crippen molar-refractivity contribution in [3.05, 3.63) is 82.9 Å². The van der Waals surface area contributed by atoms with Crippen molar-refractivity contribution in [2.75, 3.05) is 7.11 Å². The van der Waals surface area contributed by atoms with E-state index in [4.69, 9.17) is 9.15 Å². The lowest BCUT2D eigenvalue weighted by Gasteiger charge is -2.10. The highest BCUT2D eigenvalue weighted by atomic mass is 16.5. The summed E-state index contributed by atoms with van der Waals surface area (Å²) in [5.41, 5.74) is 3.28. The van der Waals surface area contributed by atoms with Gasteiger partial charge in [-0.1, -0.05) is 24.3 Å². The molecule has 4 aromatic rings. The van der Waals surface area contributed by atoms with Crippen LogP contribution in [0.4, 0.5) is 0 Å².